The molecule has 8 nitrogen and oxygen atoms in total. The van der Waals surface area contributed by atoms with Crippen LogP contribution in [0.2, 0.25) is 0 Å². The summed E-state index contributed by atoms with van der Waals surface area (Å²) in [7, 11) is 3.34. The van der Waals surface area contributed by atoms with E-state index in [-0.39, 0.29) is 12.5 Å². The number of guanidine groups is 1. The minimum atomic E-state index is -0.00952. The molecule has 0 aromatic heterocycles. The van der Waals surface area contributed by atoms with Crippen molar-refractivity contribution in [2.24, 2.45) is 4.99 Å². The first-order valence-electron chi connectivity index (χ1n) is 10.4. The number of aliphatic imine (C=N–C) groups is 1. The number of methoxy groups -OCH3 is 2. The Balaban J connectivity index is 1.51. The van der Waals surface area contributed by atoms with Crippen LogP contribution in [0.15, 0.2) is 23.2 Å². The molecule has 2 aliphatic rings. The Morgan fingerprint density at radius 1 is 1.10 bits per heavy atom. The maximum absolute atomic E-state index is 11.9. The fraction of sp³-hybridized carbons (Fsp3) is 0.619. The van der Waals surface area contributed by atoms with Gasteiger partial charge >= 0.3 is 0 Å². The first-order chi connectivity index (χ1) is 14.1. The van der Waals surface area contributed by atoms with E-state index in [2.05, 4.69) is 25.8 Å². The Bertz CT molecular complexity index is 698. The van der Waals surface area contributed by atoms with Crippen LogP contribution in [0.1, 0.15) is 31.7 Å². The monoisotopic (exact) mass is 403 g/mol. The molecule has 1 aliphatic carbocycles. The van der Waals surface area contributed by atoms with E-state index in [0.717, 1.165) is 56.9 Å². The van der Waals surface area contributed by atoms with Gasteiger partial charge in [0.2, 0.25) is 5.91 Å². The number of ether oxygens (including phenoxy) is 2. The summed E-state index contributed by atoms with van der Waals surface area (Å²) in [4.78, 5) is 18.7. The molecule has 1 amide bonds. The molecule has 1 atom stereocenters. The molecule has 1 saturated carbocycles. The van der Waals surface area contributed by atoms with Crippen molar-refractivity contribution in [3.63, 3.8) is 0 Å². The molecule has 29 heavy (non-hydrogen) atoms. The van der Waals surface area contributed by atoms with Gasteiger partial charge in [-0.15, -0.1) is 0 Å². The summed E-state index contributed by atoms with van der Waals surface area (Å²) in [6.45, 7) is 5.70. The molecule has 3 rings (SSSR count). The number of nitrogens with zero attached hydrogens (tertiary/aromatic N) is 2. The third-order valence-electron chi connectivity index (χ3n) is 5.10. The predicted molar refractivity (Wildman–Crippen MR) is 114 cm³/mol. The van der Waals surface area contributed by atoms with Crippen molar-refractivity contribution >= 4 is 11.9 Å². The van der Waals surface area contributed by atoms with Crippen LogP contribution in [0.5, 0.6) is 11.5 Å². The van der Waals surface area contributed by atoms with E-state index in [4.69, 9.17) is 9.47 Å². The molecule has 1 aromatic rings. The molecule has 1 aliphatic heterocycles. The van der Waals surface area contributed by atoms with Crippen LogP contribution < -0.4 is 25.4 Å². The van der Waals surface area contributed by atoms with Gasteiger partial charge in [0.1, 0.15) is 18.0 Å². The molecule has 3 N–H and O–H groups in total. The van der Waals surface area contributed by atoms with Crippen molar-refractivity contribution in [2.45, 2.75) is 44.8 Å². The van der Waals surface area contributed by atoms with E-state index in [1.165, 1.54) is 5.56 Å². The third kappa shape index (κ3) is 6.81. The van der Waals surface area contributed by atoms with E-state index in [9.17, 15) is 4.79 Å². The van der Waals surface area contributed by atoms with Crippen LogP contribution >= 0.6 is 0 Å². The maximum atomic E-state index is 11.9. The molecule has 0 spiro atoms. The normalized spacial score (nSPS) is 19.7. The highest BCUT2D eigenvalue weighted by atomic mass is 16.5. The lowest BCUT2D eigenvalue weighted by Gasteiger charge is -2.19. The van der Waals surface area contributed by atoms with Crippen molar-refractivity contribution in [2.75, 3.05) is 40.4 Å². The van der Waals surface area contributed by atoms with Crippen LogP contribution in [0.25, 0.3) is 0 Å². The number of amides is 1. The van der Waals surface area contributed by atoms with Gasteiger partial charge < -0.3 is 25.4 Å². The van der Waals surface area contributed by atoms with Crippen molar-refractivity contribution in [3.05, 3.63) is 23.8 Å². The quantitative estimate of drug-likeness (QED) is 0.423. The molecular weight excluding hydrogens is 370 g/mol. The Labute approximate surface area is 173 Å². The predicted octanol–water partition coefficient (Wildman–Crippen LogP) is 1.11. The van der Waals surface area contributed by atoms with Gasteiger partial charge in [-0.2, -0.15) is 0 Å². The molecule has 0 bridgehead atoms. The highest BCUT2D eigenvalue weighted by Crippen LogP contribution is 2.24. The lowest BCUT2D eigenvalue weighted by Crippen LogP contribution is -2.45. The van der Waals surface area contributed by atoms with Crippen LogP contribution in [-0.2, 0) is 11.3 Å². The number of nitrogens with one attached hydrogen (secondary N) is 3. The lowest BCUT2D eigenvalue weighted by molar-refractivity contribution is -0.119. The summed E-state index contributed by atoms with van der Waals surface area (Å²) in [6.07, 6.45) is 3.20. The SMILES string of the molecule is CCNC(=NCC(=O)NC1CC1)NC1CCN(Cc2cc(OC)cc(OC)c2)C1. The van der Waals surface area contributed by atoms with E-state index in [1.54, 1.807) is 14.2 Å². The molecule has 160 valence electrons. The average Bonchev–Trinajstić information content (AvgIpc) is 3.43. The van der Waals surface area contributed by atoms with E-state index >= 15 is 0 Å². The Kier molecular flexibility index (Phi) is 7.57. The van der Waals surface area contributed by atoms with Crippen molar-refractivity contribution in [1.29, 1.82) is 0 Å². The molecule has 2 fully saturated rings. The largest absolute Gasteiger partial charge is 0.497 e. The topological polar surface area (TPSA) is 87.2 Å². The van der Waals surface area contributed by atoms with Gasteiger partial charge in [0.05, 0.1) is 14.2 Å². The smallest absolute Gasteiger partial charge is 0.242 e. The summed E-state index contributed by atoms with van der Waals surface area (Å²) < 4.78 is 10.7. The van der Waals surface area contributed by atoms with Gasteiger partial charge in [-0.25, -0.2) is 4.99 Å². The summed E-state index contributed by atoms with van der Waals surface area (Å²) >= 11 is 0. The third-order valence-corrected chi connectivity index (χ3v) is 5.10. The second kappa shape index (κ2) is 10.3. The zero-order valence-corrected chi connectivity index (χ0v) is 17.7. The molecular formula is C21H33N5O3. The van der Waals surface area contributed by atoms with E-state index in [0.29, 0.717) is 18.0 Å². The zero-order valence-electron chi connectivity index (χ0n) is 17.7. The Morgan fingerprint density at radius 2 is 1.83 bits per heavy atom. The highest BCUT2D eigenvalue weighted by molar-refractivity contribution is 5.85. The fourth-order valence-electron chi connectivity index (χ4n) is 3.48. The summed E-state index contributed by atoms with van der Waals surface area (Å²) in [5.41, 5.74) is 1.17. The van der Waals surface area contributed by atoms with Gasteiger partial charge in [-0.05, 0) is 43.9 Å². The van der Waals surface area contributed by atoms with Crippen molar-refractivity contribution in [3.8, 4) is 11.5 Å². The lowest BCUT2D eigenvalue weighted by atomic mass is 10.2. The van der Waals surface area contributed by atoms with Crippen LogP contribution in [0.4, 0.5) is 0 Å². The standard InChI is InChI=1S/C21H33N5O3/c1-4-22-21(23-12-20(27)24-16-5-6-16)25-17-7-8-26(14-17)13-15-9-18(28-2)11-19(10-15)29-3/h9-11,16-17H,4-8,12-14H2,1-3H3,(H,24,27)(H2,22,23,25). The first-order valence-corrected chi connectivity index (χ1v) is 10.4. The Morgan fingerprint density at radius 3 is 2.45 bits per heavy atom. The van der Waals surface area contributed by atoms with E-state index in [1.807, 2.05) is 25.1 Å². The van der Waals surface area contributed by atoms with Gasteiger partial charge in [0, 0.05) is 44.3 Å². The molecule has 1 saturated heterocycles. The van der Waals surface area contributed by atoms with Crippen molar-refractivity contribution in [1.82, 2.24) is 20.9 Å². The number of carbonyl (C=O) groups is 1. The average molecular weight is 404 g/mol. The number of carbonyl (C=O) groups excluding carboxylic acids is 1. The van der Waals surface area contributed by atoms with Crippen molar-refractivity contribution < 1.29 is 14.3 Å². The fourth-order valence-corrected chi connectivity index (χ4v) is 3.48. The van der Waals surface area contributed by atoms with Crippen LogP contribution in [-0.4, -0.2) is 69.2 Å². The summed E-state index contributed by atoms with van der Waals surface area (Å²) in [5, 5.41) is 9.67. The summed E-state index contributed by atoms with van der Waals surface area (Å²) in [6, 6.07) is 6.65. The van der Waals surface area contributed by atoms with E-state index < -0.39 is 0 Å². The molecule has 8 heteroatoms. The van der Waals surface area contributed by atoms with Gasteiger partial charge in [0.25, 0.3) is 0 Å². The second-order valence-electron chi connectivity index (χ2n) is 7.62. The molecule has 1 aromatic carbocycles. The zero-order chi connectivity index (χ0) is 20.6. The Hall–Kier alpha value is -2.48. The maximum Gasteiger partial charge on any atom is 0.242 e. The molecule has 0 radical (unpaired) electrons. The summed E-state index contributed by atoms with van der Waals surface area (Å²) in [5.74, 6) is 2.30. The van der Waals surface area contributed by atoms with Gasteiger partial charge in [-0.3, -0.25) is 9.69 Å². The number of hydrogen-bond acceptors (Lipinski definition) is 5. The number of hydrogen-bond donors (Lipinski definition) is 3. The van der Waals surface area contributed by atoms with Gasteiger partial charge in [0.15, 0.2) is 5.96 Å². The number of likely N-dealkylation sites (tertiary alicyclic amines) is 1. The minimum absolute atomic E-state index is 0.00952. The minimum Gasteiger partial charge on any atom is -0.497 e. The molecule has 1 heterocycles. The van der Waals surface area contributed by atoms with Crippen LogP contribution in [0, 0.1) is 0 Å². The number of rotatable bonds is 9. The highest BCUT2D eigenvalue weighted by Gasteiger charge is 2.25. The van der Waals surface area contributed by atoms with Gasteiger partial charge in [-0.1, -0.05) is 0 Å². The molecule has 1 unspecified atom stereocenters. The first kappa shape index (κ1) is 21.2. The number of benzene rings is 1. The second-order valence-corrected chi connectivity index (χ2v) is 7.62. The van der Waals surface area contributed by atoms with Crippen LogP contribution in [0.3, 0.4) is 0 Å².